The van der Waals surface area contributed by atoms with Gasteiger partial charge in [-0.05, 0) is 44.2 Å². The van der Waals surface area contributed by atoms with Crippen molar-refractivity contribution in [1.29, 1.82) is 0 Å². The molecular weight excluding hydrogens is 365 g/mol. The smallest absolute Gasteiger partial charge is 0.340 e. The van der Waals surface area contributed by atoms with Crippen molar-refractivity contribution in [3.8, 4) is 0 Å². The molecule has 0 radical (unpaired) electrons. The summed E-state index contributed by atoms with van der Waals surface area (Å²) in [7, 11) is 0. The highest BCUT2D eigenvalue weighted by atomic mass is 35.5. The Balaban J connectivity index is 2.05. The Kier molecular flexibility index (Phi) is 6.17. The Morgan fingerprint density at radius 1 is 1.08 bits per heavy atom. The third-order valence-corrected chi connectivity index (χ3v) is 3.90. The van der Waals surface area contributed by atoms with Crippen molar-refractivity contribution in [2.75, 3.05) is 5.32 Å². The van der Waals surface area contributed by atoms with Gasteiger partial charge in [-0.2, -0.15) is 0 Å². The number of nitrogens with one attached hydrogen (secondary N) is 1. The van der Waals surface area contributed by atoms with Gasteiger partial charge in [-0.15, -0.1) is 0 Å². The molecule has 0 spiro atoms. The zero-order chi connectivity index (χ0) is 18.6. The lowest BCUT2D eigenvalue weighted by molar-refractivity contribution is -0.123. The molecule has 0 bridgehead atoms. The summed E-state index contributed by atoms with van der Waals surface area (Å²) in [5.41, 5.74) is 0.974. The van der Waals surface area contributed by atoms with Crippen LogP contribution in [0.25, 0.3) is 0 Å². The Labute approximate surface area is 154 Å². The fraction of sp³-hybridized carbons (Fsp3) is 0.167. The van der Waals surface area contributed by atoms with E-state index in [4.69, 9.17) is 27.9 Å². The van der Waals surface area contributed by atoms with E-state index in [1.54, 1.807) is 30.3 Å². The number of halogens is 2. The molecule has 2 aromatic rings. The molecule has 0 fully saturated rings. The molecule has 0 aliphatic heterocycles. The molecule has 0 unspecified atom stereocenters. The van der Waals surface area contributed by atoms with Crippen LogP contribution in [0.1, 0.15) is 34.6 Å². The highest BCUT2D eigenvalue weighted by Gasteiger charge is 2.21. The van der Waals surface area contributed by atoms with E-state index in [9.17, 15) is 14.4 Å². The molecule has 1 atom stereocenters. The van der Waals surface area contributed by atoms with Gasteiger partial charge in [0.15, 0.2) is 11.9 Å². The van der Waals surface area contributed by atoms with Gasteiger partial charge in [0.05, 0.1) is 10.6 Å². The largest absolute Gasteiger partial charge is 0.449 e. The number of Topliss-reactive ketones (excluding diaryl/α,β-unsaturated/α-hetero) is 1. The average Bonchev–Trinajstić information content (AvgIpc) is 2.57. The van der Waals surface area contributed by atoms with Crippen LogP contribution in [0, 0.1) is 0 Å². The zero-order valence-corrected chi connectivity index (χ0v) is 15.0. The maximum atomic E-state index is 12.2. The van der Waals surface area contributed by atoms with Gasteiger partial charge in [0.2, 0.25) is 0 Å². The minimum Gasteiger partial charge on any atom is -0.449 e. The number of ether oxygens (including phenoxy) is 1. The highest BCUT2D eigenvalue weighted by molar-refractivity contribution is 6.35. The van der Waals surface area contributed by atoms with Crippen molar-refractivity contribution in [2.45, 2.75) is 20.0 Å². The van der Waals surface area contributed by atoms with Crippen LogP contribution in [0.3, 0.4) is 0 Å². The van der Waals surface area contributed by atoms with E-state index < -0.39 is 18.0 Å². The lowest BCUT2D eigenvalue weighted by Gasteiger charge is -2.14. The van der Waals surface area contributed by atoms with E-state index in [0.717, 1.165) is 0 Å². The van der Waals surface area contributed by atoms with Crippen LogP contribution in [0.2, 0.25) is 10.0 Å². The first-order chi connectivity index (χ1) is 11.8. The summed E-state index contributed by atoms with van der Waals surface area (Å²) < 4.78 is 5.12. The highest BCUT2D eigenvalue weighted by Crippen LogP contribution is 2.22. The van der Waals surface area contributed by atoms with Crippen LogP contribution in [0.4, 0.5) is 5.69 Å². The van der Waals surface area contributed by atoms with Gasteiger partial charge in [0.25, 0.3) is 5.91 Å². The molecular formula is C18H15Cl2NO4. The van der Waals surface area contributed by atoms with Gasteiger partial charge in [-0.1, -0.05) is 35.3 Å². The maximum absolute atomic E-state index is 12.2. The predicted molar refractivity (Wildman–Crippen MR) is 96.4 cm³/mol. The fourth-order valence-corrected chi connectivity index (χ4v) is 2.36. The summed E-state index contributed by atoms with van der Waals surface area (Å²) in [5, 5.41) is 3.10. The Bertz CT molecular complexity index is 836. The number of benzene rings is 2. The lowest BCUT2D eigenvalue weighted by Crippen LogP contribution is -2.30. The number of amides is 1. The molecule has 0 saturated heterocycles. The monoisotopic (exact) mass is 379 g/mol. The van der Waals surface area contributed by atoms with E-state index in [2.05, 4.69) is 5.32 Å². The van der Waals surface area contributed by atoms with Crippen molar-refractivity contribution in [3.05, 3.63) is 63.6 Å². The summed E-state index contributed by atoms with van der Waals surface area (Å²) in [6, 6.07) is 10.8. The van der Waals surface area contributed by atoms with Crippen molar-refractivity contribution < 1.29 is 19.1 Å². The summed E-state index contributed by atoms with van der Waals surface area (Å²) in [6.45, 7) is 2.86. The molecule has 5 nitrogen and oxygen atoms in total. The molecule has 0 saturated carbocycles. The standard InChI is InChI=1S/C18H15Cl2NO4/c1-10(22)12-4-3-5-14(8-12)21-17(23)11(2)25-18(24)15-9-13(19)6-7-16(15)20/h3-9,11H,1-2H3,(H,21,23)/t11-/m0/s1. The van der Waals surface area contributed by atoms with E-state index in [-0.39, 0.29) is 16.4 Å². The van der Waals surface area contributed by atoms with Gasteiger partial charge >= 0.3 is 5.97 Å². The van der Waals surface area contributed by atoms with Gasteiger partial charge in [-0.3, -0.25) is 9.59 Å². The average molecular weight is 380 g/mol. The number of hydrogen-bond donors (Lipinski definition) is 1. The second kappa shape index (κ2) is 8.14. The third-order valence-electron chi connectivity index (χ3n) is 3.34. The van der Waals surface area contributed by atoms with E-state index in [1.807, 2.05) is 0 Å². The van der Waals surface area contributed by atoms with Crippen molar-refractivity contribution in [1.82, 2.24) is 0 Å². The van der Waals surface area contributed by atoms with E-state index in [0.29, 0.717) is 16.3 Å². The molecule has 25 heavy (non-hydrogen) atoms. The molecule has 2 rings (SSSR count). The first-order valence-electron chi connectivity index (χ1n) is 7.36. The van der Waals surface area contributed by atoms with Gasteiger partial charge in [-0.25, -0.2) is 4.79 Å². The van der Waals surface area contributed by atoms with Crippen LogP contribution in [-0.4, -0.2) is 23.8 Å². The zero-order valence-electron chi connectivity index (χ0n) is 13.5. The molecule has 2 aromatic carbocycles. The van der Waals surface area contributed by atoms with Crippen LogP contribution in [0.15, 0.2) is 42.5 Å². The van der Waals surface area contributed by atoms with Crippen LogP contribution in [0.5, 0.6) is 0 Å². The summed E-state index contributed by atoms with van der Waals surface area (Å²) >= 11 is 11.8. The number of rotatable bonds is 5. The number of ketones is 1. The number of carbonyl (C=O) groups excluding carboxylic acids is 3. The summed E-state index contributed by atoms with van der Waals surface area (Å²) in [4.78, 5) is 35.7. The minimum atomic E-state index is -1.07. The van der Waals surface area contributed by atoms with Crippen LogP contribution >= 0.6 is 23.2 Å². The van der Waals surface area contributed by atoms with E-state index >= 15 is 0 Å². The normalized spacial score (nSPS) is 11.5. The first kappa shape index (κ1) is 19.0. The molecule has 1 amide bonds. The molecule has 0 aliphatic carbocycles. The number of hydrogen-bond acceptors (Lipinski definition) is 4. The molecule has 7 heteroatoms. The maximum Gasteiger partial charge on any atom is 0.340 e. The number of esters is 1. The van der Waals surface area contributed by atoms with Crippen molar-refractivity contribution >= 4 is 46.5 Å². The lowest BCUT2D eigenvalue weighted by atomic mass is 10.1. The van der Waals surface area contributed by atoms with E-state index in [1.165, 1.54) is 26.0 Å². The number of carbonyl (C=O) groups is 3. The van der Waals surface area contributed by atoms with Gasteiger partial charge < -0.3 is 10.1 Å². The summed E-state index contributed by atoms with van der Waals surface area (Å²) in [6.07, 6.45) is -1.07. The first-order valence-corrected chi connectivity index (χ1v) is 8.11. The third kappa shape index (κ3) is 5.05. The number of anilines is 1. The van der Waals surface area contributed by atoms with Crippen molar-refractivity contribution in [3.63, 3.8) is 0 Å². The summed E-state index contributed by atoms with van der Waals surface area (Å²) in [5.74, 6) is -1.41. The van der Waals surface area contributed by atoms with Crippen LogP contribution in [-0.2, 0) is 9.53 Å². The minimum absolute atomic E-state index is 0.0763. The molecule has 0 aliphatic rings. The fourth-order valence-electron chi connectivity index (χ4n) is 1.99. The SMILES string of the molecule is CC(=O)c1cccc(NC(=O)[C@H](C)OC(=O)c2cc(Cl)ccc2Cl)c1. The van der Waals surface area contributed by atoms with Crippen molar-refractivity contribution in [2.24, 2.45) is 0 Å². The van der Waals surface area contributed by atoms with Gasteiger partial charge in [0, 0.05) is 16.3 Å². The topological polar surface area (TPSA) is 72.5 Å². The Morgan fingerprint density at radius 3 is 2.48 bits per heavy atom. The molecule has 130 valence electrons. The van der Waals surface area contributed by atoms with Gasteiger partial charge in [0.1, 0.15) is 0 Å². The second-order valence-corrected chi connectivity index (χ2v) is 6.14. The predicted octanol–water partition coefficient (Wildman–Crippen LogP) is 4.38. The molecule has 0 aromatic heterocycles. The second-order valence-electron chi connectivity index (χ2n) is 5.30. The quantitative estimate of drug-likeness (QED) is 0.617. The molecule has 1 N–H and O–H groups in total. The Morgan fingerprint density at radius 2 is 1.80 bits per heavy atom. The molecule has 0 heterocycles. The van der Waals surface area contributed by atoms with Crippen LogP contribution < -0.4 is 5.32 Å². The Hall–Kier alpha value is -2.37.